The van der Waals surface area contributed by atoms with Crippen LogP contribution < -0.4 is 0 Å². The van der Waals surface area contributed by atoms with Gasteiger partial charge in [-0.15, -0.1) is 0 Å². The molecule has 0 atom stereocenters. The Kier molecular flexibility index (Phi) is 2.30. The van der Waals surface area contributed by atoms with Crippen LogP contribution >= 0.6 is 0 Å². The highest BCUT2D eigenvalue weighted by molar-refractivity contribution is 6.13. The van der Waals surface area contributed by atoms with Crippen LogP contribution in [0.1, 0.15) is 28.5 Å². The van der Waals surface area contributed by atoms with E-state index in [-0.39, 0.29) is 5.78 Å². The number of ketones is 1. The van der Waals surface area contributed by atoms with Crippen molar-refractivity contribution in [2.75, 3.05) is 0 Å². The van der Waals surface area contributed by atoms with Gasteiger partial charge in [-0.25, -0.2) is 0 Å². The largest absolute Gasteiger partial charge is 0.358 e. The molecule has 20 heavy (non-hydrogen) atoms. The van der Waals surface area contributed by atoms with E-state index >= 15 is 0 Å². The van der Waals surface area contributed by atoms with Crippen molar-refractivity contribution in [3.63, 3.8) is 0 Å². The second-order valence-electron chi connectivity index (χ2n) is 5.30. The van der Waals surface area contributed by atoms with Gasteiger partial charge in [-0.3, -0.25) is 9.78 Å². The summed E-state index contributed by atoms with van der Waals surface area (Å²) in [4.78, 5) is 19.7. The van der Waals surface area contributed by atoms with E-state index in [1.165, 1.54) is 16.8 Å². The Morgan fingerprint density at radius 2 is 2.15 bits per heavy atom. The van der Waals surface area contributed by atoms with Crippen molar-refractivity contribution in [1.82, 2.24) is 9.97 Å². The van der Waals surface area contributed by atoms with Gasteiger partial charge < -0.3 is 4.98 Å². The minimum absolute atomic E-state index is 0.105. The molecule has 1 aliphatic rings. The van der Waals surface area contributed by atoms with Gasteiger partial charge in [-0.1, -0.05) is 12.1 Å². The van der Waals surface area contributed by atoms with Crippen molar-refractivity contribution in [1.29, 1.82) is 0 Å². The van der Waals surface area contributed by atoms with Crippen LogP contribution in [0.25, 0.3) is 22.0 Å². The molecule has 1 aliphatic carbocycles. The van der Waals surface area contributed by atoms with E-state index in [1.54, 1.807) is 6.92 Å². The molecule has 3 nitrogen and oxygen atoms in total. The number of hydrogen-bond donors (Lipinski definition) is 1. The zero-order valence-electron chi connectivity index (χ0n) is 11.2. The topological polar surface area (TPSA) is 45.8 Å². The fourth-order valence-electron chi connectivity index (χ4n) is 3.21. The molecule has 0 saturated carbocycles. The van der Waals surface area contributed by atoms with Gasteiger partial charge >= 0.3 is 0 Å². The number of pyridine rings is 1. The highest BCUT2D eigenvalue weighted by atomic mass is 16.1. The van der Waals surface area contributed by atoms with E-state index in [1.807, 2.05) is 30.6 Å². The highest BCUT2D eigenvalue weighted by Gasteiger charge is 2.23. The van der Waals surface area contributed by atoms with Gasteiger partial charge in [-0.2, -0.15) is 0 Å². The number of Topliss-reactive ketones (excluding diaryl/α,β-unsaturated/α-hetero) is 1. The van der Waals surface area contributed by atoms with Crippen LogP contribution in [-0.4, -0.2) is 15.8 Å². The number of carbonyl (C=O) groups is 1. The standard InChI is InChI=1S/C17H14N2O/c1-10(20)12-3-2-4-14-16(12)17-13-9-18-8-7-11(13)5-6-15(17)19-14/h2-4,7-9,19H,5-6H2,1H3. The summed E-state index contributed by atoms with van der Waals surface area (Å²) >= 11 is 0. The number of nitrogens with one attached hydrogen (secondary N) is 1. The van der Waals surface area contributed by atoms with E-state index in [0.29, 0.717) is 0 Å². The first-order chi connectivity index (χ1) is 9.75. The van der Waals surface area contributed by atoms with E-state index in [4.69, 9.17) is 0 Å². The summed E-state index contributed by atoms with van der Waals surface area (Å²) in [7, 11) is 0. The van der Waals surface area contributed by atoms with Crippen molar-refractivity contribution < 1.29 is 4.79 Å². The highest BCUT2D eigenvalue weighted by Crippen LogP contribution is 2.39. The molecule has 0 spiro atoms. The molecule has 1 N–H and O–H groups in total. The fraction of sp³-hybridized carbons (Fsp3) is 0.176. The summed E-state index contributed by atoms with van der Waals surface area (Å²) in [5.74, 6) is 0.105. The number of carbonyl (C=O) groups excluding carboxylic acids is 1. The number of rotatable bonds is 1. The molecule has 1 aromatic carbocycles. The van der Waals surface area contributed by atoms with Crippen LogP contribution in [0.15, 0.2) is 36.7 Å². The van der Waals surface area contributed by atoms with E-state index in [9.17, 15) is 4.79 Å². The van der Waals surface area contributed by atoms with Crippen molar-refractivity contribution >= 4 is 16.7 Å². The first-order valence-corrected chi connectivity index (χ1v) is 6.83. The molecular formula is C17H14N2O. The van der Waals surface area contributed by atoms with Crippen molar-refractivity contribution in [2.45, 2.75) is 19.8 Å². The number of aromatic amines is 1. The van der Waals surface area contributed by atoms with Crippen molar-refractivity contribution in [3.05, 3.63) is 53.5 Å². The lowest BCUT2D eigenvalue weighted by Crippen LogP contribution is -2.03. The number of aryl methyl sites for hydroxylation is 2. The molecular weight excluding hydrogens is 248 g/mol. The molecule has 0 unspecified atom stereocenters. The Balaban J connectivity index is 2.15. The summed E-state index contributed by atoms with van der Waals surface area (Å²) in [6.07, 6.45) is 5.76. The second kappa shape index (κ2) is 4.04. The maximum Gasteiger partial charge on any atom is 0.160 e. The number of nitrogens with zero attached hydrogens (tertiary/aromatic N) is 1. The number of fused-ring (bicyclic) bond motifs is 5. The number of hydrogen-bond acceptors (Lipinski definition) is 2. The van der Waals surface area contributed by atoms with E-state index < -0.39 is 0 Å². The normalized spacial score (nSPS) is 13.1. The van der Waals surface area contributed by atoms with Crippen molar-refractivity contribution in [2.24, 2.45) is 0 Å². The maximum atomic E-state index is 11.9. The third-order valence-electron chi connectivity index (χ3n) is 4.11. The quantitative estimate of drug-likeness (QED) is 0.682. The van der Waals surface area contributed by atoms with Crippen LogP contribution in [0.5, 0.6) is 0 Å². The van der Waals surface area contributed by atoms with Crippen LogP contribution in [0.2, 0.25) is 0 Å². The Bertz CT molecular complexity index is 845. The average Bonchev–Trinajstić information content (AvgIpc) is 2.85. The van der Waals surface area contributed by atoms with Gasteiger partial charge in [0.2, 0.25) is 0 Å². The molecule has 2 heterocycles. The monoisotopic (exact) mass is 262 g/mol. The van der Waals surface area contributed by atoms with Gasteiger partial charge in [-0.05, 0) is 37.5 Å². The van der Waals surface area contributed by atoms with E-state index in [0.717, 1.165) is 34.9 Å². The predicted molar refractivity (Wildman–Crippen MR) is 78.9 cm³/mol. The lowest BCUT2D eigenvalue weighted by atomic mass is 9.88. The van der Waals surface area contributed by atoms with Crippen LogP contribution in [0.4, 0.5) is 0 Å². The lowest BCUT2D eigenvalue weighted by molar-refractivity contribution is 0.101. The molecule has 3 aromatic rings. The zero-order valence-corrected chi connectivity index (χ0v) is 11.2. The Labute approximate surface area is 116 Å². The van der Waals surface area contributed by atoms with Gasteiger partial charge in [0.25, 0.3) is 0 Å². The van der Waals surface area contributed by atoms with Gasteiger partial charge in [0, 0.05) is 45.7 Å². The van der Waals surface area contributed by atoms with Crippen LogP contribution in [0.3, 0.4) is 0 Å². The van der Waals surface area contributed by atoms with Crippen molar-refractivity contribution in [3.8, 4) is 11.1 Å². The maximum absolute atomic E-state index is 11.9. The molecule has 2 aromatic heterocycles. The lowest BCUT2D eigenvalue weighted by Gasteiger charge is -2.16. The third kappa shape index (κ3) is 1.46. The minimum atomic E-state index is 0.105. The van der Waals surface area contributed by atoms with Gasteiger partial charge in [0.1, 0.15) is 0 Å². The summed E-state index contributed by atoms with van der Waals surface area (Å²) in [5, 5.41) is 1.05. The number of benzene rings is 1. The Morgan fingerprint density at radius 1 is 1.25 bits per heavy atom. The molecule has 0 aliphatic heterocycles. The molecule has 98 valence electrons. The molecule has 0 radical (unpaired) electrons. The predicted octanol–water partition coefficient (Wildman–Crippen LogP) is 3.53. The SMILES string of the molecule is CC(=O)c1cccc2[nH]c3c(c12)-c1cnccc1CC3. The fourth-order valence-corrected chi connectivity index (χ4v) is 3.21. The summed E-state index contributed by atoms with van der Waals surface area (Å²) in [6, 6.07) is 7.96. The Morgan fingerprint density at radius 3 is 3.00 bits per heavy atom. The second-order valence-corrected chi connectivity index (χ2v) is 5.30. The first-order valence-electron chi connectivity index (χ1n) is 6.83. The minimum Gasteiger partial charge on any atom is -0.358 e. The van der Waals surface area contributed by atoms with Gasteiger partial charge in [0.15, 0.2) is 5.78 Å². The van der Waals surface area contributed by atoms with Crippen LogP contribution in [-0.2, 0) is 12.8 Å². The molecule has 0 fully saturated rings. The Hall–Kier alpha value is -2.42. The van der Waals surface area contributed by atoms with Gasteiger partial charge in [0.05, 0.1) is 0 Å². The number of H-pyrrole nitrogens is 1. The third-order valence-corrected chi connectivity index (χ3v) is 4.11. The summed E-state index contributed by atoms with van der Waals surface area (Å²) in [5.41, 5.74) is 6.69. The summed E-state index contributed by atoms with van der Waals surface area (Å²) in [6.45, 7) is 1.63. The van der Waals surface area contributed by atoms with E-state index in [2.05, 4.69) is 16.0 Å². The first kappa shape index (κ1) is 11.4. The molecule has 0 saturated heterocycles. The summed E-state index contributed by atoms with van der Waals surface area (Å²) < 4.78 is 0. The smallest absolute Gasteiger partial charge is 0.160 e. The molecule has 0 bridgehead atoms. The molecule has 4 rings (SSSR count). The van der Waals surface area contributed by atoms with Crippen LogP contribution in [0, 0.1) is 0 Å². The average molecular weight is 262 g/mol. The zero-order chi connectivity index (χ0) is 13.7. The molecule has 3 heteroatoms. The molecule has 0 amide bonds. The number of aromatic nitrogens is 2.